The first kappa shape index (κ1) is 20.3. The van der Waals surface area contributed by atoms with E-state index in [1.165, 1.54) is 6.07 Å². The summed E-state index contributed by atoms with van der Waals surface area (Å²) in [6, 6.07) is 13.3. The molecule has 0 aliphatic carbocycles. The van der Waals surface area contributed by atoms with Crippen molar-refractivity contribution in [1.82, 2.24) is 14.9 Å². The predicted octanol–water partition coefficient (Wildman–Crippen LogP) is 4.00. The maximum atomic E-state index is 14.1. The van der Waals surface area contributed by atoms with Crippen LogP contribution in [0.25, 0.3) is 10.9 Å². The first-order valence-electron chi connectivity index (χ1n) is 10.4. The molecule has 0 spiro atoms. The molecule has 1 saturated heterocycles. The van der Waals surface area contributed by atoms with Crippen LogP contribution in [0.4, 0.5) is 16.2 Å². The van der Waals surface area contributed by atoms with E-state index in [4.69, 9.17) is 16.2 Å². The lowest BCUT2D eigenvalue weighted by atomic mass is 9.87. The predicted molar refractivity (Wildman–Crippen MR) is 117 cm³/mol. The van der Waals surface area contributed by atoms with Crippen molar-refractivity contribution in [2.45, 2.75) is 45.3 Å². The van der Waals surface area contributed by atoms with Gasteiger partial charge in [-0.05, 0) is 50.8 Å². The zero-order chi connectivity index (χ0) is 21.3. The first-order chi connectivity index (χ1) is 14.4. The molecule has 6 nitrogen and oxygen atoms in total. The van der Waals surface area contributed by atoms with Crippen LogP contribution in [0, 0.1) is 11.7 Å². The number of rotatable bonds is 5. The number of halogens is 1. The Morgan fingerprint density at radius 2 is 1.77 bits per heavy atom. The molecule has 2 unspecified atom stereocenters. The minimum atomic E-state index is -0.140. The quantitative estimate of drug-likeness (QED) is 0.662. The Hall–Kier alpha value is -2.93. The number of piperidine rings is 1. The number of likely N-dealkylation sites (tertiary alicyclic amines) is 1. The van der Waals surface area contributed by atoms with E-state index in [0.29, 0.717) is 53.6 Å². The monoisotopic (exact) mass is 409 g/mol. The van der Waals surface area contributed by atoms with Crippen molar-refractivity contribution in [3.63, 3.8) is 0 Å². The molecule has 4 rings (SSSR count). The highest BCUT2D eigenvalue weighted by Crippen LogP contribution is 2.33. The topological polar surface area (TPSA) is 90.3 Å². The fourth-order valence-corrected chi connectivity index (χ4v) is 4.56. The van der Waals surface area contributed by atoms with Gasteiger partial charge in [0.05, 0.1) is 17.5 Å². The molecule has 1 aromatic heterocycles. The van der Waals surface area contributed by atoms with Gasteiger partial charge in [-0.25, -0.2) is 9.37 Å². The van der Waals surface area contributed by atoms with E-state index in [1.54, 1.807) is 6.07 Å². The van der Waals surface area contributed by atoms with Crippen LogP contribution in [-0.2, 0) is 6.54 Å². The zero-order valence-electron chi connectivity index (χ0n) is 17.4. The van der Waals surface area contributed by atoms with Crippen LogP contribution in [0.3, 0.4) is 0 Å². The number of hydrogen-bond acceptors (Lipinski definition) is 6. The number of hydrogen-bond donors (Lipinski definition) is 2. The van der Waals surface area contributed by atoms with Crippen molar-refractivity contribution >= 4 is 22.7 Å². The largest absolute Gasteiger partial charge is 0.492 e. The highest BCUT2D eigenvalue weighted by atomic mass is 19.1. The lowest BCUT2D eigenvalue weighted by Gasteiger charge is -2.42. The summed E-state index contributed by atoms with van der Waals surface area (Å²) < 4.78 is 20.3. The summed E-state index contributed by atoms with van der Waals surface area (Å²) in [6.45, 7) is 5.62. The lowest BCUT2D eigenvalue weighted by Crippen LogP contribution is -2.47. The molecular formula is C23H28FN5O. The van der Waals surface area contributed by atoms with E-state index in [1.807, 2.05) is 30.3 Å². The molecule has 30 heavy (non-hydrogen) atoms. The molecule has 4 N–H and O–H groups in total. The molecule has 2 heterocycles. The van der Waals surface area contributed by atoms with Gasteiger partial charge in [-0.15, -0.1) is 0 Å². The van der Waals surface area contributed by atoms with Crippen LogP contribution in [0.5, 0.6) is 5.75 Å². The Morgan fingerprint density at radius 3 is 2.50 bits per heavy atom. The van der Waals surface area contributed by atoms with Gasteiger partial charge in [-0.2, -0.15) is 4.98 Å². The van der Waals surface area contributed by atoms with Crippen LogP contribution in [0.2, 0.25) is 0 Å². The molecule has 0 saturated carbocycles. The van der Waals surface area contributed by atoms with E-state index in [2.05, 4.69) is 28.7 Å². The number of nitrogen functional groups attached to an aromatic ring is 2. The zero-order valence-corrected chi connectivity index (χ0v) is 17.4. The second-order valence-electron chi connectivity index (χ2n) is 8.23. The summed E-state index contributed by atoms with van der Waals surface area (Å²) in [7, 11) is 0. The number of nitrogens with zero attached hydrogens (tertiary/aromatic N) is 3. The summed E-state index contributed by atoms with van der Waals surface area (Å²) in [5.41, 5.74) is 13.2. The third-order valence-corrected chi connectivity index (χ3v) is 6.00. The van der Waals surface area contributed by atoms with Gasteiger partial charge in [-0.3, -0.25) is 4.90 Å². The van der Waals surface area contributed by atoms with Crippen molar-refractivity contribution in [2.24, 2.45) is 5.92 Å². The molecule has 0 radical (unpaired) electrons. The standard InChI is InChI=1S/C23H28FN5O/c1-14-10-16(11-15(2)29(14)12-17-6-3-4-7-18(17)24)13-30-20-9-5-8-19-21(20)22(25)28-23(26)27-19/h3-9,14-16H,10-13H2,1-2H3,(H4,25,26,27,28). The first-order valence-corrected chi connectivity index (χ1v) is 10.4. The molecule has 1 fully saturated rings. The van der Waals surface area contributed by atoms with Gasteiger partial charge in [0.25, 0.3) is 0 Å². The fourth-order valence-electron chi connectivity index (χ4n) is 4.56. The summed E-state index contributed by atoms with van der Waals surface area (Å²) in [5, 5.41) is 0.699. The van der Waals surface area contributed by atoms with Crippen molar-refractivity contribution in [2.75, 3.05) is 18.1 Å². The van der Waals surface area contributed by atoms with Crippen LogP contribution >= 0.6 is 0 Å². The van der Waals surface area contributed by atoms with Gasteiger partial charge in [-0.1, -0.05) is 24.3 Å². The number of nitrogens with two attached hydrogens (primary N) is 2. The van der Waals surface area contributed by atoms with Crippen LogP contribution in [0.1, 0.15) is 32.3 Å². The second-order valence-corrected chi connectivity index (χ2v) is 8.23. The molecule has 0 amide bonds. The maximum Gasteiger partial charge on any atom is 0.222 e. The molecular weight excluding hydrogens is 381 g/mol. The molecule has 158 valence electrons. The Balaban J connectivity index is 1.43. The number of ether oxygens (including phenoxy) is 1. The highest BCUT2D eigenvalue weighted by molar-refractivity contribution is 5.94. The Labute approximate surface area is 176 Å². The van der Waals surface area contributed by atoms with E-state index >= 15 is 0 Å². The summed E-state index contributed by atoms with van der Waals surface area (Å²) in [4.78, 5) is 10.7. The van der Waals surface area contributed by atoms with Crippen molar-refractivity contribution in [3.8, 4) is 5.75 Å². The second kappa shape index (κ2) is 8.44. The van der Waals surface area contributed by atoms with Crippen LogP contribution < -0.4 is 16.2 Å². The maximum absolute atomic E-state index is 14.1. The van der Waals surface area contributed by atoms with Gasteiger partial charge in [0.15, 0.2) is 0 Å². The van der Waals surface area contributed by atoms with E-state index < -0.39 is 0 Å². The van der Waals surface area contributed by atoms with Gasteiger partial charge >= 0.3 is 0 Å². The average Bonchev–Trinajstić information content (AvgIpc) is 2.70. The van der Waals surface area contributed by atoms with Crippen molar-refractivity contribution in [1.29, 1.82) is 0 Å². The van der Waals surface area contributed by atoms with Gasteiger partial charge in [0.2, 0.25) is 5.95 Å². The smallest absolute Gasteiger partial charge is 0.222 e. The SMILES string of the molecule is CC1CC(COc2cccc3nc(N)nc(N)c23)CC(C)N1Cc1ccccc1F. The van der Waals surface area contributed by atoms with Gasteiger partial charge in [0.1, 0.15) is 17.4 Å². The van der Waals surface area contributed by atoms with Crippen molar-refractivity contribution in [3.05, 3.63) is 53.8 Å². The fraction of sp³-hybridized carbons (Fsp3) is 0.391. The van der Waals surface area contributed by atoms with E-state index in [0.717, 1.165) is 18.4 Å². The molecule has 7 heteroatoms. The summed E-state index contributed by atoms with van der Waals surface area (Å²) >= 11 is 0. The molecule has 1 aliphatic heterocycles. The minimum Gasteiger partial charge on any atom is -0.492 e. The molecule has 0 bridgehead atoms. The third-order valence-electron chi connectivity index (χ3n) is 6.00. The highest BCUT2D eigenvalue weighted by Gasteiger charge is 2.31. The van der Waals surface area contributed by atoms with Gasteiger partial charge < -0.3 is 16.2 Å². The number of aromatic nitrogens is 2. The van der Waals surface area contributed by atoms with Crippen LogP contribution in [-0.4, -0.2) is 33.6 Å². The average molecular weight is 410 g/mol. The van der Waals surface area contributed by atoms with E-state index in [9.17, 15) is 4.39 Å². The number of fused-ring (bicyclic) bond motifs is 1. The Kier molecular flexibility index (Phi) is 5.72. The molecule has 2 aromatic carbocycles. The Bertz CT molecular complexity index is 1030. The Morgan fingerprint density at radius 1 is 1.03 bits per heavy atom. The normalized spacial score (nSPS) is 22.3. The summed E-state index contributed by atoms with van der Waals surface area (Å²) in [5.74, 6) is 1.42. The van der Waals surface area contributed by atoms with E-state index in [-0.39, 0.29) is 11.8 Å². The third kappa shape index (κ3) is 4.16. The minimum absolute atomic E-state index is 0.140. The molecule has 1 aliphatic rings. The number of anilines is 2. The van der Waals surface area contributed by atoms with Gasteiger partial charge in [0, 0.05) is 24.2 Å². The van der Waals surface area contributed by atoms with Crippen LogP contribution in [0.15, 0.2) is 42.5 Å². The van der Waals surface area contributed by atoms with Crippen molar-refractivity contribution < 1.29 is 9.13 Å². The summed E-state index contributed by atoms with van der Waals surface area (Å²) in [6.07, 6.45) is 1.98. The lowest BCUT2D eigenvalue weighted by molar-refractivity contribution is 0.0449. The number of benzene rings is 2. The molecule has 2 atom stereocenters. The molecule has 3 aromatic rings.